The minimum absolute atomic E-state index is 0.111. The number of aryl methyl sites for hydroxylation is 2. The summed E-state index contributed by atoms with van der Waals surface area (Å²) in [7, 11) is 0. The molecule has 0 aliphatic heterocycles. The largest absolute Gasteiger partial charge is 0.492 e. The van der Waals surface area contributed by atoms with E-state index in [9.17, 15) is 9.90 Å². The van der Waals surface area contributed by atoms with E-state index in [1.165, 1.54) is 0 Å². The van der Waals surface area contributed by atoms with Crippen molar-refractivity contribution in [2.75, 3.05) is 6.61 Å². The molecule has 0 aromatic carbocycles. The zero-order valence-corrected chi connectivity index (χ0v) is 10.6. The maximum Gasteiger partial charge on any atom is 0.341 e. The van der Waals surface area contributed by atoms with Crippen molar-refractivity contribution in [2.24, 2.45) is 0 Å². The molecule has 0 fully saturated rings. The van der Waals surface area contributed by atoms with E-state index in [1.807, 2.05) is 13.8 Å². The van der Waals surface area contributed by atoms with Crippen LogP contribution in [0.5, 0.6) is 5.75 Å². The third kappa shape index (κ3) is 1.79. The topological polar surface area (TPSA) is 77.2 Å². The molecule has 0 atom stereocenters. The Morgan fingerprint density at radius 2 is 2.22 bits per heavy atom. The molecule has 96 valence electrons. The van der Waals surface area contributed by atoms with Crippen molar-refractivity contribution in [3.8, 4) is 5.75 Å². The molecule has 0 unspecified atom stereocenters. The Morgan fingerprint density at radius 3 is 2.78 bits per heavy atom. The predicted octanol–water partition coefficient (Wildman–Crippen LogP) is 1.86. The fourth-order valence-corrected chi connectivity index (χ4v) is 1.95. The lowest BCUT2D eigenvalue weighted by molar-refractivity contribution is 0.0691. The minimum Gasteiger partial charge on any atom is -0.492 e. The molecule has 0 amide bonds. The van der Waals surface area contributed by atoms with Gasteiger partial charge in [0, 0.05) is 6.54 Å². The quantitative estimate of drug-likeness (QED) is 0.894. The van der Waals surface area contributed by atoms with Gasteiger partial charge in [0.25, 0.3) is 0 Å². The molecule has 6 nitrogen and oxygen atoms in total. The van der Waals surface area contributed by atoms with Crippen LogP contribution >= 0.6 is 0 Å². The van der Waals surface area contributed by atoms with Crippen molar-refractivity contribution in [2.45, 2.75) is 27.3 Å². The van der Waals surface area contributed by atoms with Crippen LogP contribution in [0.4, 0.5) is 0 Å². The number of fused-ring (bicyclic) bond motifs is 1. The smallest absolute Gasteiger partial charge is 0.341 e. The number of hydrogen-bond acceptors (Lipinski definition) is 4. The summed E-state index contributed by atoms with van der Waals surface area (Å²) < 4.78 is 7.19. The SMILES string of the molecule is CCOc1c(C(=O)O)c(C)nc2c1cnn2CC. The van der Waals surface area contributed by atoms with Crippen LogP contribution in [-0.2, 0) is 6.54 Å². The van der Waals surface area contributed by atoms with Crippen LogP contribution in [0.2, 0.25) is 0 Å². The van der Waals surface area contributed by atoms with Gasteiger partial charge in [0.1, 0.15) is 11.3 Å². The third-order valence-electron chi connectivity index (χ3n) is 2.72. The summed E-state index contributed by atoms with van der Waals surface area (Å²) >= 11 is 0. The van der Waals surface area contributed by atoms with Crippen LogP contribution in [-0.4, -0.2) is 32.4 Å². The van der Waals surface area contributed by atoms with E-state index in [1.54, 1.807) is 17.8 Å². The Morgan fingerprint density at radius 1 is 1.50 bits per heavy atom. The lowest BCUT2D eigenvalue weighted by atomic mass is 10.1. The summed E-state index contributed by atoms with van der Waals surface area (Å²) in [6.07, 6.45) is 1.60. The van der Waals surface area contributed by atoms with Gasteiger partial charge in [-0.25, -0.2) is 14.5 Å². The second-order valence-electron chi connectivity index (χ2n) is 3.84. The average Bonchev–Trinajstić information content (AvgIpc) is 2.71. The van der Waals surface area contributed by atoms with Crippen molar-refractivity contribution in [1.82, 2.24) is 14.8 Å². The highest BCUT2D eigenvalue weighted by molar-refractivity contribution is 5.99. The third-order valence-corrected chi connectivity index (χ3v) is 2.72. The van der Waals surface area contributed by atoms with E-state index in [0.717, 1.165) is 0 Å². The molecule has 0 spiro atoms. The van der Waals surface area contributed by atoms with Gasteiger partial charge in [0.15, 0.2) is 5.65 Å². The number of rotatable bonds is 4. The summed E-state index contributed by atoms with van der Waals surface area (Å²) in [5, 5.41) is 14.1. The number of aromatic nitrogens is 3. The normalized spacial score (nSPS) is 10.8. The molecule has 2 heterocycles. The molecule has 2 aromatic heterocycles. The lowest BCUT2D eigenvalue weighted by Gasteiger charge is -2.10. The van der Waals surface area contributed by atoms with Gasteiger partial charge in [-0.15, -0.1) is 0 Å². The van der Waals surface area contributed by atoms with Crippen LogP contribution in [0.25, 0.3) is 11.0 Å². The van der Waals surface area contributed by atoms with Crippen molar-refractivity contribution in [3.05, 3.63) is 17.5 Å². The molecule has 0 aliphatic carbocycles. The summed E-state index contributed by atoms with van der Waals surface area (Å²) in [6.45, 7) is 6.51. The molecule has 0 bridgehead atoms. The molecule has 1 N–H and O–H groups in total. The Balaban J connectivity index is 2.81. The van der Waals surface area contributed by atoms with Crippen molar-refractivity contribution in [1.29, 1.82) is 0 Å². The van der Waals surface area contributed by atoms with E-state index in [2.05, 4.69) is 10.1 Å². The number of carboxylic acids is 1. The Kier molecular flexibility index (Phi) is 3.18. The number of carboxylic acid groups (broad SMARTS) is 1. The molecule has 0 saturated carbocycles. The highest BCUT2D eigenvalue weighted by atomic mass is 16.5. The maximum atomic E-state index is 11.3. The number of nitrogens with zero attached hydrogens (tertiary/aromatic N) is 3. The standard InChI is InChI=1S/C12H15N3O3/c1-4-15-11-8(6-13-15)10(18-5-2)9(12(16)17)7(3)14-11/h6H,4-5H2,1-3H3,(H,16,17). The summed E-state index contributed by atoms with van der Waals surface area (Å²) in [5.74, 6) is -0.679. The Hall–Kier alpha value is -2.11. The highest BCUT2D eigenvalue weighted by Crippen LogP contribution is 2.30. The molecule has 2 aromatic rings. The van der Waals surface area contributed by atoms with E-state index in [-0.39, 0.29) is 5.56 Å². The van der Waals surface area contributed by atoms with Gasteiger partial charge in [-0.3, -0.25) is 0 Å². The van der Waals surface area contributed by atoms with Gasteiger partial charge in [0.2, 0.25) is 0 Å². The lowest BCUT2D eigenvalue weighted by Crippen LogP contribution is -2.08. The molecule has 0 radical (unpaired) electrons. The highest BCUT2D eigenvalue weighted by Gasteiger charge is 2.21. The molecule has 0 saturated heterocycles. The zero-order chi connectivity index (χ0) is 13.3. The summed E-state index contributed by atoms with van der Waals surface area (Å²) in [4.78, 5) is 15.6. The van der Waals surface area contributed by atoms with E-state index >= 15 is 0 Å². The number of ether oxygens (including phenoxy) is 1. The molecule has 18 heavy (non-hydrogen) atoms. The van der Waals surface area contributed by atoms with Gasteiger partial charge in [0.05, 0.1) is 23.9 Å². The van der Waals surface area contributed by atoms with E-state index in [0.29, 0.717) is 35.6 Å². The van der Waals surface area contributed by atoms with Crippen LogP contribution in [0, 0.1) is 6.92 Å². The van der Waals surface area contributed by atoms with Gasteiger partial charge in [-0.1, -0.05) is 0 Å². The molecular formula is C12H15N3O3. The number of hydrogen-bond donors (Lipinski definition) is 1. The second-order valence-corrected chi connectivity index (χ2v) is 3.84. The first-order valence-corrected chi connectivity index (χ1v) is 5.82. The van der Waals surface area contributed by atoms with Gasteiger partial charge in [-0.05, 0) is 20.8 Å². The Labute approximate surface area is 104 Å². The first-order chi connectivity index (χ1) is 8.60. The summed E-state index contributed by atoms with van der Waals surface area (Å²) in [5.41, 5.74) is 1.21. The van der Waals surface area contributed by atoms with Crippen molar-refractivity contribution >= 4 is 17.0 Å². The number of pyridine rings is 1. The predicted molar refractivity (Wildman–Crippen MR) is 66.1 cm³/mol. The van der Waals surface area contributed by atoms with Crippen LogP contribution < -0.4 is 4.74 Å². The van der Waals surface area contributed by atoms with Crippen LogP contribution in [0.3, 0.4) is 0 Å². The van der Waals surface area contributed by atoms with E-state index in [4.69, 9.17) is 4.74 Å². The molecular weight excluding hydrogens is 234 g/mol. The van der Waals surface area contributed by atoms with Crippen molar-refractivity contribution in [3.63, 3.8) is 0 Å². The fourth-order valence-electron chi connectivity index (χ4n) is 1.95. The summed E-state index contributed by atoms with van der Waals surface area (Å²) in [6, 6.07) is 0. The van der Waals surface area contributed by atoms with E-state index < -0.39 is 5.97 Å². The second kappa shape index (κ2) is 4.64. The molecule has 2 rings (SSSR count). The Bertz CT molecular complexity index is 604. The fraction of sp³-hybridized carbons (Fsp3) is 0.417. The van der Waals surface area contributed by atoms with Crippen LogP contribution in [0.15, 0.2) is 6.20 Å². The first kappa shape index (κ1) is 12.3. The van der Waals surface area contributed by atoms with Gasteiger partial charge < -0.3 is 9.84 Å². The maximum absolute atomic E-state index is 11.3. The number of aromatic carboxylic acids is 1. The van der Waals surface area contributed by atoms with Gasteiger partial charge >= 0.3 is 5.97 Å². The molecule has 0 aliphatic rings. The first-order valence-electron chi connectivity index (χ1n) is 5.82. The average molecular weight is 249 g/mol. The minimum atomic E-state index is -1.03. The van der Waals surface area contributed by atoms with Crippen molar-refractivity contribution < 1.29 is 14.6 Å². The zero-order valence-electron chi connectivity index (χ0n) is 10.6. The molecule has 6 heteroatoms. The number of carbonyl (C=O) groups is 1. The van der Waals surface area contributed by atoms with Crippen LogP contribution in [0.1, 0.15) is 29.9 Å². The van der Waals surface area contributed by atoms with Gasteiger partial charge in [-0.2, -0.15) is 5.10 Å². The monoisotopic (exact) mass is 249 g/mol.